The van der Waals surface area contributed by atoms with Crippen molar-refractivity contribution < 1.29 is 9.57 Å². The fourth-order valence-electron chi connectivity index (χ4n) is 2.23. The lowest BCUT2D eigenvalue weighted by molar-refractivity contribution is 0.0338. The van der Waals surface area contributed by atoms with E-state index in [2.05, 4.69) is 54.3 Å². The van der Waals surface area contributed by atoms with Crippen molar-refractivity contribution in [2.24, 2.45) is 0 Å². The predicted molar refractivity (Wildman–Crippen MR) is 71.2 cm³/mol. The Morgan fingerprint density at radius 2 is 2.12 bits per heavy atom. The van der Waals surface area contributed by atoms with E-state index in [1.165, 1.54) is 5.56 Å². The van der Waals surface area contributed by atoms with E-state index in [0.29, 0.717) is 5.92 Å². The van der Waals surface area contributed by atoms with Crippen LogP contribution in [-0.4, -0.2) is 13.2 Å². The number of ether oxygens (including phenoxy) is 1. The molecule has 4 heteroatoms. The molecule has 0 aliphatic carbocycles. The van der Waals surface area contributed by atoms with Crippen LogP contribution in [0.3, 0.4) is 0 Å². The predicted octanol–water partition coefficient (Wildman–Crippen LogP) is 3.55. The van der Waals surface area contributed by atoms with Gasteiger partial charge in [0.2, 0.25) is 0 Å². The highest BCUT2D eigenvalue weighted by molar-refractivity contribution is 9.10. The molecule has 1 aromatic rings. The maximum atomic E-state index is 5.96. The van der Waals surface area contributed by atoms with Crippen LogP contribution in [0.4, 0.5) is 0 Å². The number of hydroxylamine groups is 1. The standard InChI is InChI=1S/C13H18BrNO2/c1-7(2)10-5-9(14)6-11-12(15-16-4)8(3)17-13(10)11/h5-8,12,15H,1-4H3. The third kappa shape index (κ3) is 2.34. The van der Waals surface area contributed by atoms with Gasteiger partial charge in [-0.25, -0.2) is 0 Å². The lowest BCUT2D eigenvalue weighted by Crippen LogP contribution is -2.27. The van der Waals surface area contributed by atoms with Gasteiger partial charge in [-0.1, -0.05) is 29.8 Å². The van der Waals surface area contributed by atoms with Gasteiger partial charge in [-0.15, -0.1) is 0 Å². The molecular formula is C13H18BrNO2. The third-order valence-electron chi connectivity index (χ3n) is 3.09. The van der Waals surface area contributed by atoms with Crippen LogP contribution in [0.25, 0.3) is 0 Å². The summed E-state index contributed by atoms with van der Waals surface area (Å²) in [5.74, 6) is 1.44. The van der Waals surface area contributed by atoms with Gasteiger partial charge in [-0.3, -0.25) is 0 Å². The van der Waals surface area contributed by atoms with Crippen molar-refractivity contribution in [2.45, 2.75) is 38.8 Å². The average molecular weight is 300 g/mol. The second-order valence-electron chi connectivity index (χ2n) is 4.69. The Labute approximate surface area is 111 Å². The molecule has 2 rings (SSSR count). The number of rotatable bonds is 3. The second kappa shape index (κ2) is 4.96. The van der Waals surface area contributed by atoms with E-state index in [1.807, 2.05) is 0 Å². The molecule has 2 atom stereocenters. The minimum Gasteiger partial charge on any atom is -0.488 e. The van der Waals surface area contributed by atoms with Crippen LogP contribution in [0, 0.1) is 0 Å². The number of benzene rings is 1. The minimum absolute atomic E-state index is 0.0803. The first-order valence-electron chi connectivity index (χ1n) is 5.83. The molecule has 0 bridgehead atoms. The van der Waals surface area contributed by atoms with Crippen molar-refractivity contribution in [3.05, 3.63) is 27.7 Å². The first-order valence-corrected chi connectivity index (χ1v) is 6.62. The fraction of sp³-hybridized carbons (Fsp3) is 0.538. The van der Waals surface area contributed by atoms with Crippen LogP contribution in [0.1, 0.15) is 43.9 Å². The Morgan fingerprint density at radius 3 is 2.71 bits per heavy atom. The van der Waals surface area contributed by atoms with E-state index < -0.39 is 0 Å². The summed E-state index contributed by atoms with van der Waals surface area (Å²) < 4.78 is 7.04. The number of hydrogen-bond acceptors (Lipinski definition) is 3. The number of fused-ring (bicyclic) bond motifs is 1. The number of hydrogen-bond donors (Lipinski definition) is 1. The van der Waals surface area contributed by atoms with Crippen molar-refractivity contribution in [1.29, 1.82) is 0 Å². The maximum absolute atomic E-state index is 5.96. The van der Waals surface area contributed by atoms with Gasteiger partial charge in [0.15, 0.2) is 0 Å². The first kappa shape index (κ1) is 12.9. The van der Waals surface area contributed by atoms with Gasteiger partial charge < -0.3 is 9.57 Å². The van der Waals surface area contributed by atoms with E-state index in [-0.39, 0.29) is 12.1 Å². The Morgan fingerprint density at radius 1 is 1.41 bits per heavy atom. The quantitative estimate of drug-likeness (QED) is 0.866. The molecule has 1 heterocycles. The molecular weight excluding hydrogens is 282 g/mol. The van der Waals surface area contributed by atoms with Crippen LogP contribution >= 0.6 is 15.9 Å². The summed E-state index contributed by atoms with van der Waals surface area (Å²) in [6.07, 6.45) is 0.0803. The molecule has 3 nitrogen and oxygen atoms in total. The summed E-state index contributed by atoms with van der Waals surface area (Å²) in [7, 11) is 1.63. The van der Waals surface area contributed by atoms with E-state index >= 15 is 0 Å². The Kier molecular flexibility index (Phi) is 3.76. The Bertz CT molecular complexity index is 420. The molecule has 1 N–H and O–H groups in total. The van der Waals surface area contributed by atoms with Gasteiger partial charge >= 0.3 is 0 Å². The molecule has 1 aliphatic heterocycles. The van der Waals surface area contributed by atoms with E-state index in [0.717, 1.165) is 15.8 Å². The largest absolute Gasteiger partial charge is 0.488 e. The van der Waals surface area contributed by atoms with E-state index in [4.69, 9.17) is 9.57 Å². The summed E-state index contributed by atoms with van der Waals surface area (Å²) in [6.45, 7) is 6.40. The highest BCUT2D eigenvalue weighted by Gasteiger charge is 2.33. The Balaban J connectivity index is 2.48. The molecule has 94 valence electrons. The molecule has 0 spiro atoms. The molecule has 0 fully saturated rings. The van der Waals surface area contributed by atoms with Crippen LogP contribution in [-0.2, 0) is 4.84 Å². The van der Waals surface area contributed by atoms with Gasteiger partial charge in [-0.2, -0.15) is 5.48 Å². The van der Waals surface area contributed by atoms with Gasteiger partial charge in [0.1, 0.15) is 11.9 Å². The summed E-state index contributed by atoms with van der Waals surface area (Å²) in [5, 5.41) is 0. The summed E-state index contributed by atoms with van der Waals surface area (Å²) in [6, 6.07) is 4.32. The molecule has 0 aromatic heterocycles. The maximum Gasteiger partial charge on any atom is 0.128 e. The molecule has 0 saturated heterocycles. The van der Waals surface area contributed by atoms with E-state index in [9.17, 15) is 0 Å². The number of halogens is 1. The first-order chi connectivity index (χ1) is 8.04. The molecule has 17 heavy (non-hydrogen) atoms. The van der Waals surface area contributed by atoms with Crippen molar-refractivity contribution in [1.82, 2.24) is 5.48 Å². The topological polar surface area (TPSA) is 30.5 Å². The van der Waals surface area contributed by atoms with Gasteiger partial charge in [-0.05, 0) is 30.5 Å². The fourth-order valence-corrected chi connectivity index (χ4v) is 2.72. The molecule has 1 aliphatic rings. The lowest BCUT2D eigenvalue weighted by Gasteiger charge is -2.14. The second-order valence-corrected chi connectivity index (χ2v) is 5.61. The number of nitrogens with one attached hydrogen (secondary N) is 1. The normalized spacial score (nSPS) is 22.7. The van der Waals surface area contributed by atoms with Crippen molar-refractivity contribution in [3.8, 4) is 5.75 Å². The van der Waals surface area contributed by atoms with Gasteiger partial charge in [0.25, 0.3) is 0 Å². The molecule has 2 unspecified atom stereocenters. The van der Waals surface area contributed by atoms with Crippen molar-refractivity contribution in [2.75, 3.05) is 7.11 Å². The summed E-state index contributed by atoms with van der Waals surface area (Å²) in [4.78, 5) is 5.05. The van der Waals surface area contributed by atoms with Gasteiger partial charge in [0.05, 0.1) is 13.2 Å². The zero-order valence-electron chi connectivity index (χ0n) is 10.6. The zero-order valence-corrected chi connectivity index (χ0v) is 12.2. The average Bonchev–Trinajstić information content (AvgIpc) is 2.55. The van der Waals surface area contributed by atoms with E-state index in [1.54, 1.807) is 7.11 Å². The smallest absolute Gasteiger partial charge is 0.128 e. The third-order valence-corrected chi connectivity index (χ3v) is 3.54. The molecule has 1 aromatic carbocycles. The summed E-state index contributed by atoms with van der Waals surface area (Å²) >= 11 is 3.56. The summed E-state index contributed by atoms with van der Waals surface area (Å²) in [5.41, 5.74) is 5.40. The monoisotopic (exact) mass is 299 g/mol. The highest BCUT2D eigenvalue weighted by Crippen LogP contribution is 2.43. The minimum atomic E-state index is 0.0803. The SMILES string of the molecule is CONC1c2cc(Br)cc(C(C)C)c2OC1C. The van der Waals surface area contributed by atoms with Crippen molar-refractivity contribution in [3.63, 3.8) is 0 Å². The van der Waals surface area contributed by atoms with Crippen LogP contribution in [0.15, 0.2) is 16.6 Å². The van der Waals surface area contributed by atoms with Gasteiger partial charge in [0, 0.05) is 10.0 Å². The zero-order chi connectivity index (χ0) is 12.6. The van der Waals surface area contributed by atoms with Crippen molar-refractivity contribution >= 4 is 15.9 Å². The van der Waals surface area contributed by atoms with Crippen LogP contribution < -0.4 is 10.2 Å². The van der Waals surface area contributed by atoms with Crippen LogP contribution in [0.5, 0.6) is 5.75 Å². The Hall–Kier alpha value is -0.580. The molecule has 0 saturated carbocycles. The molecule has 0 amide bonds. The molecule has 0 radical (unpaired) electrons. The lowest BCUT2D eigenvalue weighted by atomic mass is 9.97. The highest BCUT2D eigenvalue weighted by atomic mass is 79.9. The van der Waals surface area contributed by atoms with Crippen LogP contribution in [0.2, 0.25) is 0 Å².